The number of anilines is 1. The molecule has 0 aliphatic carbocycles. The average Bonchev–Trinajstić information content (AvgIpc) is 2.48. The van der Waals surface area contributed by atoms with Gasteiger partial charge in [0.1, 0.15) is 0 Å². The summed E-state index contributed by atoms with van der Waals surface area (Å²) in [5.41, 5.74) is 4.16. The Hall–Kier alpha value is -1.06. The topological polar surface area (TPSA) is 35.5 Å². The Labute approximate surface area is 129 Å². The molecule has 1 unspecified atom stereocenters. The average molecular weight is 290 g/mol. The van der Waals surface area contributed by atoms with E-state index in [9.17, 15) is 5.11 Å². The van der Waals surface area contributed by atoms with Crippen LogP contribution < -0.4 is 10.2 Å². The fourth-order valence-electron chi connectivity index (χ4n) is 3.31. The second-order valence-electron chi connectivity index (χ2n) is 6.26. The monoisotopic (exact) mass is 290 g/mol. The molecule has 0 radical (unpaired) electrons. The zero-order valence-corrected chi connectivity index (χ0v) is 13.7. The molecule has 1 aromatic rings. The van der Waals surface area contributed by atoms with E-state index >= 15 is 0 Å². The van der Waals surface area contributed by atoms with Crippen molar-refractivity contribution in [2.45, 2.75) is 52.2 Å². The fourth-order valence-corrected chi connectivity index (χ4v) is 3.31. The van der Waals surface area contributed by atoms with Crippen molar-refractivity contribution in [3.05, 3.63) is 29.3 Å². The summed E-state index contributed by atoms with van der Waals surface area (Å²) < 4.78 is 0. The predicted molar refractivity (Wildman–Crippen MR) is 89.8 cm³/mol. The first-order valence-electron chi connectivity index (χ1n) is 8.37. The van der Waals surface area contributed by atoms with E-state index in [0.717, 1.165) is 25.9 Å². The fraction of sp³-hybridized carbons (Fsp3) is 0.667. The van der Waals surface area contributed by atoms with Crippen molar-refractivity contribution in [1.29, 1.82) is 0 Å². The maximum Gasteiger partial charge on any atom is 0.0692 e. The van der Waals surface area contributed by atoms with Crippen molar-refractivity contribution in [1.82, 2.24) is 5.32 Å². The molecular weight excluding hydrogens is 260 g/mol. The van der Waals surface area contributed by atoms with Crippen molar-refractivity contribution in [3.63, 3.8) is 0 Å². The molecule has 0 aromatic heterocycles. The molecule has 0 fully saturated rings. The second-order valence-corrected chi connectivity index (χ2v) is 6.26. The molecule has 1 aromatic carbocycles. The van der Waals surface area contributed by atoms with Gasteiger partial charge in [0.15, 0.2) is 0 Å². The highest BCUT2D eigenvalue weighted by atomic mass is 16.3. The van der Waals surface area contributed by atoms with E-state index in [-0.39, 0.29) is 6.10 Å². The normalized spacial score (nSPS) is 16.1. The van der Waals surface area contributed by atoms with Gasteiger partial charge in [0, 0.05) is 32.4 Å². The van der Waals surface area contributed by atoms with E-state index in [1.54, 1.807) is 0 Å². The van der Waals surface area contributed by atoms with E-state index in [2.05, 4.69) is 49.3 Å². The van der Waals surface area contributed by atoms with E-state index < -0.39 is 0 Å². The third-order valence-electron chi connectivity index (χ3n) is 4.77. The van der Waals surface area contributed by atoms with Crippen LogP contribution in [0.3, 0.4) is 0 Å². The number of aliphatic hydroxyl groups is 1. The molecule has 1 aliphatic rings. The predicted octanol–water partition coefficient (Wildman–Crippen LogP) is 2.96. The Kier molecular flexibility index (Phi) is 6.07. The first-order valence-corrected chi connectivity index (χ1v) is 8.37. The minimum Gasteiger partial charge on any atom is -0.392 e. The van der Waals surface area contributed by atoms with Crippen LogP contribution in [0.2, 0.25) is 0 Å². The number of hydrogen-bond acceptors (Lipinski definition) is 3. The lowest BCUT2D eigenvalue weighted by Crippen LogP contribution is -2.32. The summed E-state index contributed by atoms with van der Waals surface area (Å²) in [5, 5.41) is 13.5. The summed E-state index contributed by atoms with van der Waals surface area (Å²) >= 11 is 0. The van der Waals surface area contributed by atoms with Gasteiger partial charge >= 0.3 is 0 Å². The summed E-state index contributed by atoms with van der Waals surface area (Å²) in [6, 6.07) is 6.77. The summed E-state index contributed by atoms with van der Waals surface area (Å²) in [7, 11) is 2.17. The lowest BCUT2D eigenvalue weighted by molar-refractivity contribution is 0.101. The van der Waals surface area contributed by atoms with Crippen LogP contribution in [-0.4, -0.2) is 31.3 Å². The van der Waals surface area contributed by atoms with Gasteiger partial charge in [-0.15, -0.1) is 0 Å². The van der Waals surface area contributed by atoms with Crippen LogP contribution in [-0.2, 0) is 13.0 Å². The standard InChI is InChI=1S/C18H30N2O/c1-4-15(5-2)18(21)13-19-12-14-8-9-17-16(11-14)7-6-10-20(17)3/h8-9,11,15,18-19,21H,4-7,10,12-13H2,1-3H3. The van der Waals surface area contributed by atoms with Crippen molar-refractivity contribution in [2.75, 3.05) is 25.0 Å². The number of rotatable bonds is 7. The smallest absolute Gasteiger partial charge is 0.0692 e. The molecule has 0 saturated carbocycles. The molecule has 0 saturated heterocycles. The highest BCUT2D eigenvalue weighted by Gasteiger charge is 2.16. The summed E-state index contributed by atoms with van der Waals surface area (Å²) in [6.07, 6.45) is 4.29. The van der Waals surface area contributed by atoms with Crippen LogP contribution in [0.4, 0.5) is 5.69 Å². The van der Waals surface area contributed by atoms with Crippen LogP contribution in [0.15, 0.2) is 18.2 Å². The van der Waals surface area contributed by atoms with E-state index in [4.69, 9.17) is 0 Å². The summed E-state index contributed by atoms with van der Waals surface area (Å²) in [5.74, 6) is 0.412. The van der Waals surface area contributed by atoms with Gasteiger partial charge in [-0.05, 0) is 36.0 Å². The molecular formula is C18H30N2O. The van der Waals surface area contributed by atoms with Crippen LogP contribution in [0.5, 0.6) is 0 Å². The number of nitrogens with one attached hydrogen (secondary N) is 1. The van der Waals surface area contributed by atoms with Gasteiger partial charge in [-0.25, -0.2) is 0 Å². The Bertz CT molecular complexity index is 443. The van der Waals surface area contributed by atoms with Gasteiger partial charge in [-0.1, -0.05) is 38.8 Å². The number of nitrogens with zero attached hydrogens (tertiary/aromatic N) is 1. The Balaban J connectivity index is 1.87. The quantitative estimate of drug-likeness (QED) is 0.810. The molecule has 0 spiro atoms. The lowest BCUT2D eigenvalue weighted by Gasteiger charge is -2.28. The highest BCUT2D eigenvalue weighted by Crippen LogP contribution is 2.26. The molecule has 2 rings (SSSR count). The summed E-state index contributed by atoms with van der Waals surface area (Å²) in [6.45, 7) is 6.98. The van der Waals surface area contributed by atoms with Crippen molar-refractivity contribution in [3.8, 4) is 0 Å². The largest absolute Gasteiger partial charge is 0.392 e. The number of aryl methyl sites for hydroxylation is 1. The Morgan fingerprint density at radius 1 is 1.29 bits per heavy atom. The first kappa shape index (κ1) is 16.3. The molecule has 1 heterocycles. The molecule has 118 valence electrons. The van der Waals surface area contributed by atoms with Crippen molar-refractivity contribution >= 4 is 5.69 Å². The zero-order valence-electron chi connectivity index (χ0n) is 13.7. The van der Waals surface area contributed by atoms with E-state index in [1.165, 1.54) is 29.7 Å². The van der Waals surface area contributed by atoms with Crippen molar-refractivity contribution < 1.29 is 5.11 Å². The highest BCUT2D eigenvalue weighted by molar-refractivity contribution is 5.56. The Morgan fingerprint density at radius 3 is 2.76 bits per heavy atom. The van der Waals surface area contributed by atoms with Crippen LogP contribution in [0.25, 0.3) is 0 Å². The van der Waals surface area contributed by atoms with Gasteiger partial charge in [-0.2, -0.15) is 0 Å². The molecule has 21 heavy (non-hydrogen) atoms. The van der Waals surface area contributed by atoms with Crippen LogP contribution in [0, 0.1) is 5.92 Å². The van der Waals surface area contributed by atoms with Gasteiger partial charge in [0.2, 0.25) is 0 Å². The van der Waals surface area contributed by atoms with E-state index in [1.807, 2.05) is 0 Å². The first-order chi connectivity index (χ1) is 10.2. The number of benzene rings is 1. The van der Waals surface area contributed by atoms with E-state index in [0.29, 0.717) is 12.5 Å². The number of aliphatic hydroxyl groups excluding tert-OH is 1. The van der Waals surface area contributed by atoms with Crippen LogP contribution in [0.1, 0.15) is 44.2 Å². The third-order valence-corrected chi connectivity index (χ3v) is 4.77. The Morgan fingerprint density at radius 2 is 2.05 bits per heavy atom. The molecule has 1 aliphatic heterocycles. The minimum atomic E-state index is -0.233. The van der Waals surface area contributed by atoms with Crippen LogP contribution >= 0.6 is 0 Å². The van der Waals surface area contributed by atoms with Gasteiger partial charge < -0.3 is 15.3 Å². The van der Waals surface area contributed by atoms with Gasteiger partial charge in [-0.3, -0.25) is 0 Å². The molecule has 1 atom stereocenters. The number of fused-ring (bicyclic) bond motifs is 1. The maximum absolute atomic E-state index is 10.1. The molecule has 3 nitrogen and oxygen atoms in total. The molecule has 0 amide bonds. The van der Waals surface area contributed by atoms with Gasteiger partial charge in [0.05, 0.1) is 6.10 Å². The number of hydrogen-bond donors (Lipinski definition) is 2. The van der Waals surface area contributed by atoms with Gasteiger partial charge in [0.25, 0.3) is 0 Å². The lowest BCUT2D eigenvalue weighted by atomic mass is 9.96. The molecule has 2 N–H and O–H groups in total. The summed E-state index contributed by atoms with van der Waals surface area (Å²) in [4.78, 5) is 2.34. The third kappa shape index (κ3) is 4.21. The molecule has 0 bridgehead atoms. The zero-order chi connectivity index (χ0) is 15.2. The maximum atomic E-state index is 10.1. The minimum absolute atomic E-state index is 0.233. The second kappa shape index (κ2) is 7.81. The SMILES string of the molecule is CCC(CC)C(O)CNCc1ccc2c(c1)CCCN2C. The molecule has 3 heteroatoms. The van der Waals surface area contributed by atoms with Crippen molar-refractivity contribution in [2.24, 2.45) is 5.92 Å².